The average molecular weight is 377 g/mol. The molecule has 5 nitrogen and oxygen atoms in total. The number of nitrogens with zero attached hydrogens (tertiary/aromatic N) is 1. The molecule has 0 saturated heterocycles. The van der Waals surface area contributed by atoms with Gasteiger partial charge in [0.15, 0.2) is 0 Å². The summed E-state index contributed by atoms with van der Waals surface area (Å²) in [4.78, 5) is 26.8. The van der Waals surface area contributed by atoms with Gasteiger partial charge in [-0.1, -0.05) is 54.1 Å². The lowest BCUT2D eigenvalue weighted by Crippen LogP contribution is -2.52. The van der Waals surface area contributed by atoms with Crippen LogP contribution in [0, 0.1) is 12.8 Å². The Hall–Kier alpha value is -2.66. The molecule has 28 heavy (non-hydrogen) atoms. The highest BCUT2D eigenvalue weighted by Gasteiger charge is 2.35. The van der Waals surface area contributed by atoms with Crippen LogP contribution in [-0.2, 0) is 22.6 Å². The Morgan fingerprint density at radius 3 is 2.43 bits per heavy atom. The minimum Gasteiger partial charge on any atom is -0.368 e. The highest BCUT2D eigenvalue weighted by atomic mass is 16.2. The summed E-state index contributed by atoms with van der Waals surface area (Å²) in [6.45, 7) is 2.81. The second kappa shape index (κ2) is 7.76. The van der Waals surface area contributed by atoms with Crippen LogP contribution in [0.3, 0.4) is 0 Å². The number of rotatable bonds is 6. The number of primary amides is 1. The Labute approximate surface area is 165 Å². The summed E-state index contributed by atoms with van der Waals surface area (Å²) in [6.07, 6.45) is 2.84. The number of nitrogens with two attached hydrogens (primary N) is 1. The Morgan fingerprint density at radius 1 is 1.11 bits per heavy atom. The Balaban J connectivity index is 1.47. The van der Waals surface area contributed by atoms with Gasteiger partial charge in [-0.05, 0) is 48.8 Å². The quantitative estimate of drug-likeness (QED) is 0.812. The van der Waals surface area contributed by atoms with Gasteiger partial charge in [-0.15, -0.1) is 0 Å². The highest BCUT2D eigenvalue weighted by molar-refractivity contribution is 5.83. The number of hydrogen-bond donors (Lipinski definition) is 2. The molecule has 5 heteroatoms. The zero-order valence-corrected chi connectivity index (χ0v) is 16.2. The summed E-state index contributed by atoms with van der Waals surface area (Å²) in [5.74, 6) is 0.0726. The van der Waals surface area contributed by atoms with Crippen LogP contribution in [0.4, 0.5) is 0 Å². The van der Waals surface area contributed by atoms with E-state index in [1.165, 1.54) is 5.56 Å². The van der Waals surface area contributed by atoms with Gasteiger partial charge in [-0.25, -0.2) is 0 Å². The first-order valence-electron chi connectivity index (χ1n) is 9.97. The third-order valence-corrected chi connectivity index (χ3v) is 5.87. The molecule has 3 N–H and O–H groups in total. The summed E-state index contributed by atoms with van der Waals surface area (Å²) in [5, 5.41) is 3.21. The highest BCUT2D eigenvalue weighted by Crippen LogP contribution is 2.41. The van der Waals surface area contributed by atoms with Crippen molar-refractivity contribution in [2.24, 2.45) is 11.7 Å². The van der Waals surface area contributed by atoms with Crippen LogP contribution in [-0.4, -0.2) is 29.3 Å². The molecule has 1 aliphatic carbocycles. The summed E-state index contributed by atoms with van der Waals surface area (Å²) in [7, 11) is 0. The number of fused-ring (bicyclic) bond motifs is 1. The molecule has 4 rings (SSSR count). The van der Waals surface area contributed by atoms with E-state index in [0.29, 0.717) is 18.9 Å². The first-order valence-corrected chi connectivity index (χ1v) is 9.97. The maximum absolute atomic E-state index is 12.9. The average Bonchev–Trinajstić information content (AvgIpc) is 3.51. The molecule has 0 bridgehead atoms. The predicted molar refractivity (Wildman–Crippen MR) is 108 cm³/mol. The van der Waals surface area contributed by atoms with Crippen molar-refractivity contribution in [2.45, 2.75) is 44.8 Å². The van der Waals surface area contributed by atoms with Crippen LogP contribution in [0.25, 0.3) is 0 Å². The van der Waals surface area contributed by atoms with Crippen molar-refractivity contribution in [3.63, 3.8) is 0 Å². The maximum atomic E-state index is 12.9. The zero-order valence-electron chi connectivity index (χ0n) is 16.2. The lowest BCUT2D eigenvalue weighted by molar-refractivity contribution is -0.128. The second-order valence-electron chi connectivity index (χ2n) is 8.09. The number of nitrogens with one attached hydrogen (secondary N) is 1. The largest absolute Gasteiger partial charge is 0.368 e. The van der Waals surface area contributed by atoms with E-state index >= 15 is 0 Å². The lowest BCUT2D eigenvalue weighted by atomic mass is 9.93. The Bertz CT molecular complexity index is 874. The smallest absolute Gasteiger partial charge is 0.235 e. The van der Waals surface area contributed by atoms with E-state index < -0.39 is 6.04 Å². The fourth-order valence-corrected chi connectivity index (χ4v) is 4.10. The second-order valence-corrected chi connectivity index (χ2v) is 8.09. The minimum absolute atomic E-state index is 0.0391. The van der Waals surface area contributed by atoms with E-state index in [1.807, 2.05) is 23.1 Å². The molecule has 1 saturated carbocycles. The van der Waals surface area contributed by atoms with E-state index in [4.69, 9.17) is 5.73 Å². The van der Waals surface area contributed by atoms with Gasteiger partial charge in [0.2, 0.25) is 11.8 Å². The van der Waals surface area contributed by atoms with Crippen LogP contribution in [0.1, 0.15) is 41.1 Å². The molecular formula is C23H27N3O2. The fourth-order valence-electron chi connectivity index (χ4n) is 4.10. The first-order chi connectivity index (χ1) is 13.5. The standard InChI is InChI=1S/C23H27N3O2/c1-15-6-8-16(9-7-15)22(17-10-11-17)25-21(27)14-26-13-19-5-3-2-4-18(19)12-20(26)23(24)28/h2-9,17,20,22H,10-14H2,1H3,(H2,24,28)(H,25,27)/t20-,22+/m0/s1. The molecule has 2 amide bonds. The number of carbonyl (C=O) groups is 2. The SMILES string of the molecule is Cc1ccc([C@@H](NC(=O)CN2Cc3ccccc3C[C@H]2C(N)=O)C2CC2)cc1. The first kappa shape index (κ1) is 18.7. The lowest BCUT2D eigenvalue weighted by Gasteiger charge is -2.35. The van der Waals surface area contributed by atoms with E-state index in [2.05, 4.69) is 42.6 Å². The van der Waals surface area contributed by atoms with E-state index in [9.17, 15) is 9.59 Å². The molecule has 0 aromatic heterocycles. The molecule has 2 aromatic carbocycles. The molecular weight excluding hydrogens is 350 g/mol. The molecule has 2 aliphatic rings. The van der Waals surface area contributed by atoms with Gasteiger partial charge in [0, 0.05) is 6.54 Å². The van der Waals surface area contributed by atoms with Crippen LogP contribution >= 0.6 is 0 Å². The Kier molecular flexibility index (Phi) is 5.18. The molecule has 2 aromatic rings. The normalized spacial score (nSPS) is 20.2. The molecule has 0 spiro atoms. The van der Waals surface area contributed by atoms with Crippen LogP contribution in [0.5, 0.6) is 0 Å². The molecule has 1 heterocycles. The van der Waals surface area contributed by atoms with Crippen molar-refractivity contribution in [3.8, 4) is 0 Å². The summed E-state index contributed by atoms with van der Waals surface area (Å²) < 4.78 is 0. The van der Waals surface area contributed by atoms with Gasteiger partial charge < -0.3 is 11.1 Å². The molecule has 1 fully saturated rings. The van der Waals surface area contributed by atoms with Crippen LogP contribution < -0.4 is 11.1 Å². The molecule has 146 valence electrons. The van der Waals surface area contributed by atoms with Crippen LogP contribution in [0.2, 0.25) is 0 Å². The summed E-state index contributed by atoms with van der Waals surface area (Å²) in [6, 6.07) is 16.0. The number of benzene rings is 2. The van der Waals surface area contributed by atoms with Crippen molar-refractivity contribution in [1.29, 1.82) is 0 Å². The summed E-state index contributed by atoms with van der Waals surface area (Å²) in [5.41, 5.74) is 10.3. The van der Waals surface area contributed by atoms with Crippen molar-refractivity contribution in [3.05, 3.63) is 70.8 Å². The Morgan fingerprint density at radius 2 is 1.79 bits per heavy atom. The predicted octanol–water partition coefficient (Wildman–Crippen LogP) is 2.47. The third kappa shape index (κ3) is 4.09. The summed E-state index contributed by atoms with van der Waals surface area (Å²) >= 11 is 0. The fraction of sp³-hybridized carbons (Fsp3) is 0.391. The topological polar surface area (TPSA) is 75.4 Å². The van der Waals surface area contributed by atoms with Gasteiger partial charge >= 0.3 is 0 Å². The van der Waals surface area contributed by atoms with E-state index in [-0.39, 0.29) is 24.4 Å². The number of carbonyl (C=O) groups excluding carboxylic acids is 2. The van der Waals surface area contributed by atoms with Crippen molar-refractivity contribution in [2.75, 3.05) is 6.54 Å². The zero-order chi connectivity index (χ0) is 19.7. The number of aryl methyl sites for hydroxylation is 1. The van der Waals surface area contributed by atoms with Crippen LogP contribution in [0.15, 0.2) is 48.5 Å². The van der Waals surface area contributed by atoms with Crippen molar-refractivity contribution < 1.29 is 9.59 Å². The molecule has 1 aliphatic heterocycles. The van der Waals surface area contributed by atoms with E-state index in [1.54, 1.807) is 0 Å². The van der Waals surface area contributed by atoms with Crippen molar-refractivity contribution >= 4 is 11.8 Å². The monoisotopic (exact) mass is 377 g/mol. The number of amides is 2. The van der Waals surface area contributed by atoms with Gasteiger partial charge in [0.1, 0.15) is 0 Å². The molecule has 0 radical (unpaired) electrons. The van der Waals surface area contributed by atoms with Gasteiger partial charge in [-0.3, -0.25) is 14.5 Å². The van der Waals surface area contributed by atoms with Gasteiger partial charge in [0.25, 0.3) is 0 Å². The third-order valence-electron chi connectivity index (χ3n) is 5.87. The van der Waals surface area contributed by atoms with Gasteiger partial charge in [0.05, 0.1) is 18.6 Å². The minimum atomic E-state index is -0.445. The maximum Gasteiger partial charge on any atom is 0.235 e. The number of hydrogen-bond acceptors (Lipinski definition) is 3. The van der Waals surface area contributed by atoms with Crippen molar-refractivity contribution in [1.82, 2.24) is 10.2 Å². The molecule has 0 unspecified atom stereocenters. The molecule has 2 atom stereocenters. The van der Waals surface area contributed by atoms with E-state index in [0.717, 1.165) is 29.5 Å². The van der Waals surface area contributed by atoms with Gasteiger partial charge in [-0.2, -0.15) is 0 Å².